The Balaban J connectivity index is 1.52. The molecule has 2 aliphatic rings. The molecule has 32 heavy (non-hydrogen) atoms. The standard InChI is InChI=1S/C24H30N2O5S/c1-4-30-22-11-8-18(15-23(22)31-5-2)16(3)25-32(28,29)20-9-10-21-19(14-20)12-13-26(21)24(27)17-6-7-17/h8-11,14-17,25H,4-7,12-13H2,1-3H3/t16-/m1/s1. The molecule has 172 valence electrons. The van der Waals surface area contributed by atoms with Crippen molar-refractivity contribution < 1.29 is 22.7 Å². The van der Waals surface area contributed by atoms with E-state index in [0.717, 1.165) is 29.7 Å². The Morgan fingerprint density at radius 1 is 1.09 bits per heavy atom. The number of anilines is 1. The molecule has 0 saturated heterocycles. The molecule has 1 saturated carbocycles. The van der Waals surface area contributed by atoms with Gasteiger partial charge in [0.15, 0.2) is 11.5 Å². The quantitative estimate of drug-likeness (QED) is 0.617. The summed E-state index contributed by atoms with van der Waals surface area (Å²) < 4.78 is 40.2. The van der Waals surface area contributed by atoms with Gasteiger partial charge in [-0.25, -0.2) is 13.1 Å². The maximum Gasteiger partial charge on any atom is 0.241 e. The number of benzene rings is 2. The maximum atomic E-state index is 13.1. The Morgan fingerprint density at radius 3 is 2.50 bits per heavy atom. The molecule has 1 N–H and O–H groups in total. The van der Waals surface area contributed by atoms with Gasteiger partial charge in [0.25, 0.3) is 0 Å². The predicted octanol–water partition coefficient (Wildman–Crippen LogP) is 3.82. The summed E-state index contributed by atoms with van der Waals surface area (Å²) in [5, 5.41) is 0. The molecule has 1 fully saturated rings. The Kier molecular flexibility index (Phi) is 6.44. The van der Waals surface area contributed by atoms with Crippen LogP contribution in [0.25, 0.3) is 0 Å². The van der Waals surface area contributed by atoms with Gasteiger partial charge in [0, 0.05) is 24.2 Å². The summed E-state index contributed by atoms with van der Waals surface area (Å²) in [5.41, 5.74) is 2.51. The minimum atomic E-state index is -3.74. The highest BCUT2D eigenvalue weighted by atomic mass is 32.2. The van der Waals surface area contributed by atoms with Gasteiger partial charge in [0.1, 0.15) is 0 Å². The zero-order chi connectivity index (χ0) is 22.9. The van der Waals surface area contributed by atoms with E-state index < -0.39 is 16.1 Å². The van der Waals surface area contributed by atoms with Crippen molar-refractivity contribution in [2.75, 3.05) is 24.7 Å². The van der Waals surface area contributed by atoms with Crippen LogP contribution in [0.3, 0.4) is 0 Å². The van der Waals surface area contributed by atoms with Crippen molar-refractivity contribution in [3.8, 4) is 11.5 Å². The number of carbonyl (C=O) groups excluding carboxylic acids is 1. The fourth-order valence-corrected chi connectivity index (χ4v) is 5.31. The van der Waals surface area contributed by atoms with Gasteiger partial charge < -0.3 is 14.4 Å². The van der Waals surface area contributed by atoms with Crippen LogP contribution < -0.4 is 19.1 Å². The van der Waals surface area contributed by atoms with E-state index in [1.807, 2.05) is 26.0 Å². The third-order valence-corrected chi connectivity index (χ3v) is 7.39. The van der Waals surface area contributed by atoms with Crippen molar-refractivity contribution >= 4 is 21.6 Å². The third-order valence-electron chi connectivity index (χ3n) is 5.85. The topological polar surface area (TPSA) is 84.9 Å². The SMILES string of the molecule is CCOc1ccc([C@@H](C)NS(=O)(=O)c2ccc3c(c2)CCN3C(=O)C2CC2)cc1OCC. The Bertz CT molecular complexity index is 1110. The van der Waals surface area contributed by atoms with Gasteiger partial charge in [-0.2, -0.15) is 0 Å². The van der Waals surface area contributed by atoms with Crippen LogP contribution in [0, 0.1) is 5.92 Å². The molecule has 1 amide bonds. The summed E-state index contributed by atoms with van der Waals surface area (Å²) in [6.07, 6.45) is 2.58. The summed E-state index contributed by atoms with van der Waals surface area (Å²) in [6, 6.07) is 10.0. The Morgan fingerprint density at radius 2 is 1.81 bits per heavy atom. The summed E-state index contributed by atoms with van der Waals surface area (Å²) in [4.78, 5) is 14.5. The zero-order valence-corrected chi connectivity index (χ0v) is 19.6. The lowest BCUT2D eigenvalue weighted by atomic mass is 10.1. The van der Waals surface area contributed by atoms with E-state index in [2.05, 4.69) is 4.72 Å². The average molecular weight is 459 g/mol. The molecule has 1 aliphatic heterocycles. The molecule has 1 aliphatic carbocycles. The van der Waals surface area contributed by atoms with Crippen LogP contribution in [0.2, 0.25) is 0 Å². The molecule has 0 aromatic heterocycles. The van der Waals surface area contributed by atoms with Crippen LogP contribution in [0.4, 0.5) is 5.69 Å². The van der Waals surface area contributed by atoms with E-state index in [-0.39, 0.29) is 16.7 Å². The molecule has 2 aromatic rings. The van der Waals surface area contributed by atoms with E-state index >= 15 is 0 Å². The smallest absolute Gasteiger partial charge is 0.241 e. The van der Waals surface area contributed by atoms with Gasteiger partial charge in [-0.05, 0) is 81.5 Å². The third kappa shape index (κ3) is 4.61. The molecular weight excluding hydrogens is 428 g/mol. The molecule has 0 radical (unpaired) electrons. The number of hydrogen-bond acceptors (Lipinski definition) is 5. The Labute approximate surface area is 189 Å². The maximum absolute atomic E-state index is 13.1. The fraction of sp³-hybridized carbons (Fsp3) is 0.458. The molecule has 2 aromatic carbocycles. The van der Waals surface area contributed by atoms with Crippen molar-refractivity contribution in [2.24, 2.45) is 5.92 Å². The molecule has 1 heterocycles. The zero-order valence-electron chi connectivity index (χ0n) is 18.8. The first-order valence-electron chi connectivity index (χ1n) is 11.2. The first-order valence-corrected chi connectivity index (χ1v) is 12.7. The number of nitrogens with one attached hydrogen (secondary N) is 1. The lowest BCUT2D eigenvalue weighted by Crippen LogP contribution is -2.30. The van der Waals surface area contributed by atoms with E-state index in [1.54, 1.807) is 36.1 Å². The van der Waals surface area contributed by atoms with Gasteiger partial charge in [-0.15, -0.1) is 0 Å². The first kappa shape index (κ1) is 22.6. The number of amides is 1. The number of ether oxygens (including phenoxy) is 2. The second-order valence-electron chi connectivity index (χ2n) is 8.22. The summed E-state index contributed by atoms with van der Waals surface area (Å²) in [5.74, 6) is 1.53. The summed E-state index contributed by atoms with van der Waals surface area (Å²) >= 11 is 0. The van der Waals surface area contributed by atoms with Crippen molar-refractivity contribution in [1.29, 1.82) is 0 Å². The van der Waals surface area contributed by atoms with Gasteiger partial charge >= 0.3 is 0 Å². The van der Waals surface area contributed by atoms with Crippen molar-refractivity contribution in [1.82, 2.24) is 4.72 Å². The molecule has 7 nitrogen and oxygen atoms in total. The van der Waals surface area contributed by atoms with Crippen LogP contribution in [-0.2, 0) is 21.2 Å². The fourth-order valence-electron chi connectivity index (χ4n) is 4.03. The number of nitrogens with zero attached hydrogens (tertiary/aromatic N) is 1. The van der Waals surface area contributed by atoms with Gasteiger partial charge in [-0.1, -0.05) is 6.07 Å². The highest BCUT2D eigenvalue weighted by Gasteiger charge is 2.36. The van der Waals surface area contributed by atoms with Gasteiger partial charge in [0.2, 0.25) is 15.9 Å². The number of sulfonamides is 1. The molecular formula is C24H30N2O5S. The van der Waals surface area contributed by atoms with E-state index in [1.165, 1.54) is 0 Å². The molecule has 0 unspecified atom stereocenters. The highest BCUT2D eigenvalue weighted by Crippen LogP contribution is 2.37. The van der Waals surface area contributed by atoms with Crippen LogP contribution in [-0.4, -0.2) is 34.1 Å². The lowest BCUT2D eigenvalue weighted by Gasteiger charge is -2.19. The average Bonchev–Trinajstić information content (AvgIpc) is 3.53. The van der Waals surface area contributed by atoms with Crippen LogP contribution >= 0.6 is 0 Å². The summed E-state index contributed by atoms with van der Waals surface area (Å²) in [6.45, 7) is 7.21. The second-order valence-corrected chi connectivity index (χ2v) is 9.93. The monoisotopic (exact) mass is 458 g/mol. The molecule has 0 bridgehead atoms. The number of carbonyl (C=O) groups is 1. The van der Waals surface area contributed by atoms with Gasteiger partial charge in [0.05, 0.1) is 18.1 Å². The molecule has 1 atom stereocenters. The van der Waals surface area contributed by atoms with Crippen molar-refractivity contribution in [3.63, 3.8) is 0 Å². The van der Waals surface area contributed by atoms with Crippen molar-refractivity contribution in [3.05, 3.63) is 47.5 Å². The second kappa shape index (κ2) is 9.11. The minimum Gasteiger partial charge on any atom is -0.490 e. The molecule has 8 heteroatoms. The van der Waals surface area contributed by atoms with Crippen LogP contribution in [0.1, 0.15) is 50.8 Å². The number of hydrogen-bond donors (Lipinski definition) is 1. The normalized spacial score (nSPS) is 16.5. The lowest BCUT2D eigenvalue weighted by molar-refractivity contribution is -0.119. The highest BCUT2D eigenvalue weighted by molar-refractivity contribution is 7.89. The van der Waals surface area contributed by atoms with E-state index in [0.29, 0.717) is 37.7 Å². The first-order chi connectivity index (χ1) is 15.3. The molecule has 0 spiro atoms. The largest absolute Gasteiger partial charge is 0.490 e. The Hall–Kier alpha value is -2.58. The molecule has 4 rings (SSSR count). The van der Waals surface area contributed by atoms with Crippen LogP contribution in [0.5, 0.6) is 11.5 Å². The predicted molar refractivity (Wildman–Crippen MR) is 123 cm³/mol. The van der Waals surface area contributed by atoms with Gasteiger partial charge in [-0.3, -0.25) is 4.79 Å². The number of fused-ring (bicyclic) bond motifs is 1. The van der Waals surface area contributed by atoms with Crippen molar-refractivity contribution in [2.45, 2.75) is 51.0 Å². The van der Waals surface area contributed by atoms with Crippen LogP contribution in [0.15, 0.2) is 41.3 Å². The van der Waals surface area contributed by atoms with E-state index in [9.17, 15) is 13.2 Å². The minimum absolute atomic E-state index is 0.141. The number of rotatable bonds is 9. The summed E-state index contributed by atoms with van der Waals surface area (Å²) in [7, 11) is -3.74. The van der Waals surface area contributed by atoms with E-state index in [4.69, 9.17) is 9.47 Å².